The number of allylic oxidation sites excluding steroid dienone is 1. The molecule has 0 fully saturated rings. The molecule has 1 nitrogen and oxygen atoms in total. The first-order chi connectivity index (χ1) is 6.66. The van der Waals surface area contributed by atoms with Crippen molar-refractivity contribution >= 4 is 0 Å². The summed E-state index contributed by atoms with van der Waals surface area (Å²) < 4.78 is 0. The summed E-state index contributed by atoms with van der Waals surface area (Å²) in [7, 11) is 0. The Bertz CT molecular complexity index is 138. The molecule has 0 saturated carbocycles. The van der Waals surface area contributed by atoms with E-state index in [2.05, 4.69) is 26.8 Å². The minimum Gasteiger partial charge on any atom is -0.389 e. The van der Waals surface area contributed by atoms with Crippen LogP contribution in [0.3, 0.4) is 0 Å². The molecule has 1 atom stereocenters. The van der Waals surface area contributed by atoms with E-state index >= 15 is 0 Å². The van der Waals surface area contributed by atoms with Gasteiger partial charge in [0.1, 0.15) is 0 Å². The summed E-state index contributed by atoms with van der Waals surface area (Å²) in [6.45, 7) is 6.50. The van der Waals surface area contributed by atoms with E-state index in [1.54, 1.807) is 0 Å². The van der Waals surface area contributed by atoms with Gasteiger partial charge in [-0.15, -0.1) is 0 Å². The largest absolute Gasteiger partial charge is 0.389 e. The average molecular weight is 198 g/mol. The normalized spacial score (nSPS) is 14.1. The molecule has 1 N–H and O–H groups in total. The van der Waals surface area contributed by atoms with Crippen molar-refractivity contribution < 1.29 is 5.11 Å². The van der Waals surface area contributed by atoms with Crippen LogP contribution < -0.4 is 0 Å². The molecule has 0 heterocycles. The number of hydrogen-bond acceptors (Lipinski definition) is 1. The fourth-order valence-corrected chi connectivity index (χ4v) is 1.50. The zero-order chi connectivity index (χ0) is 10.8. The van der Waals surface area contributed by atoms with Crippen LogP contribution in [0.15, 0.2) is 12.2 Å². The Morgan fingerprint density at radius 3 is 2.43 bits per heavy atom. The maximum Gasteiger partial charge on any atom is 0.0723 e. The summed E-state index contributed by atoms with van der Waals surface area (Å²) in [4.78, 5) is 0. The van der Waals surface area contributed by atoms with Gasteiger partial charge in [0.2, 0.25) is 0 Å². The summed E-state index contributed by atoms with van der Waals surface area (Å²) >= 11 is 0. The van der Waals surface area contributed by atoms with Crippen molar-refractivity contribution in [2.75, 3.05) is 0 Å². The van der Waals surface area contributed by atoms with Gasteiger partial charge in [-0.25, -0.2) is 0 Å². The zero-order valence-electron chi connectivity index (χ0n) is 10.00. The predicted molar refractivity (Wildman–Crippen MR) is 63.4 cm³/mol. The van der Waals surface area contributed by atoms with Gasteiger partial charge in [0.15, 0.2) is 0 Å². The van der Waals surface area contributed by atoms with Crippen molar-refractivity contribution in [2.45, 2.75) is 65.4 Å². The molecule has 0 aliphatic carbocycles. The van der Waals surface area contributed by atoms with Crippen molar-refractivity contribution in [1.82, 2.24) is 0 Å². The van der Waals surface area contributed by atoms with Gasteiger partial charge < -0.3 is 5.11 Å². The topological polar surface area (TPSA) is 20.2 Å². The Morgan fingerprint density at radius 2 is 1.86 bits per heavy atom. The molecule has 14 heavy (non-hydrogen) atoms. The summed E-state index contributed by atoms with van der Waals surface area (Å²) in [5.74, 6) is 0.578. The number of unbranched alkanes of at least 4 members (excludes halogenated alkanes) is 4. The molecule has 0 bridgehead atoms. The zero-order valence-corrected chi connectivity index (χ0v) is 10.00. The Balaban J connectivity index is 3.33. The van der Waals surface area contributed by atoms with E-state index in [1.165, 1.54) is 25.7 Å². The lowest BCUT2D eigenvalue weighted by Gasteiger charge is -2.07. The monoisotopic (exact) mass is 198 g/mol. The van der Waals surface area contributed by atoms with Gasteiger partial charge in [0.25, 0.3) is 0 Å². The molecule has 0 aliphatic heterocycles. The average Bonchev–Trinajstić information content (AvgIpc) is 2.10. The van der Waals surface area contributed by atoms with E-state index in [4.69, 9.17) is 0 Å². The maximum absolute atomic E-state index is 9.54. The summed E-state index contributed by atoms with van der Waals surface area (Å²) in [5.41, 5.74) is 0. The van der Waals surface area contributed by atoms with Gasteiger partial charge in [-0.1, -0.05) is 52.2 Å². The van der Waals surface area contributed by atoms with Crippen LogP contribution in [0.1, 0.15) is 59.3 Å². The van der Waals surface area contributed by atoms with Crippen LogP contribution in [0.2, 0.25) is 0 Å². The molecule has 0 aliphatic rings. The molecule has 0 saturated heterocycles. The molecule has 0 aromatic heterocycles. The quantitative estimate of drug-likeness (QED) is 0.463. The van der Waals surface area contributed by atoms with Crippen molar-refractivity contribution in [3.63, 3.8) is 0 Å². The van der Waals surface area contributed by atoms with Crippen LogP contribution in [-0.4, -0.2) is 11.2 Å². The van der Waals surface area contributed by atoms with Crippen LogP contribution in [0.4, 0.5) is 0 Å². The molecular weight excluding hydrogens is 172 g/mol. The second-order valence-electron chi connectivity index (χ2n) is 4.47. The first-order valence-electron chi connectivity index (χ1n) is 6.01. The molecular formula is C13H26O. The number of rotatable bonds is 8. The standard InChI is InChI=1S/C13H26O/c1-4-5-6-7-8-9-10-13(14)11-12(2)3/h9-10,12-14H,4-8,11H2,1-3H3. The Labute approximate surface area is 89.2 Å². The molecule has 84 valence electrons. The van der Waals surface area contributed by atoms with Gasteiger partial charge in [-0.2, -0.15) is 0 Å². The van der Waals surface area contributed by atoms with Crippen LogP contribution in [0, 0.1) is 5.92 Å². The first-order valence-corrected chi connectivity index (χ1v) is 6.01. The van der Waals surface area contributed by atoms with E-state index in [-0.39, 0.29) is 6.10 Å². The SMILES string of the molecule is CCCCCCC=CC(O)CC(C)C. The Kier molecular flexibility index (Phi) is 9.06. The third-order valence-corrected chi connectivity index (χ3v) is 2.30. The molecule has 0 rings (SSSR count). The number of aliphatic hydroxyl groups excluding tert-OH is 1. The lowest BCUT2D eigenvalue weighted by molar-refractivity contribution is 0.194. The van der Waals surface area contributed by atoms with Crippen molar-refractivity contribution in [2.24, 2.45) is 5.92 Å². The molecule has 0 amide bonds. The second-order valence-corrected chi connectivity index (χ2v) is 4.47. The molecule has 1 heteroatoms. The lowest BCUT2D eigenvalue weighted by Crippen LogP contribution is -2.05. The fourth-order valence-electron chi connectivity index (χ4n) is 1.50. The molecule has 0 aromatic rings. The highest BCUT2D eigenvalue weighted by Crippen LogP contribution is 2.07. The first kappa shape index (κ1) is 13.7. The van der Waals surface area contributed by atoms with Gasteiger partial charge >= 0.3 is 0 Å². The third-order valence-electron chi connectivity index (χ3n) is 2.30. The molecule has 0 spiro atoms. The minimum atomic E-state index is -0.235. The van der Waals surface area contributed by atoms with Crippen molar-refractivity contribution in [3.8, 4) is 0 Å². The van der Waals surface area contributed by atoms with Crippen molar-refractivity contribution in [3.05, 3.63) is 12.2 Å². The minimum absolute atomic E-state index is 0.235. The highest BCUT2D eigenvalue weighted by molar-refractivity contribution is 4.88. The Hall–Kier alpha value is -0.300. The van der Waals surface area contributed by atoms with Gasteiger partial charge in [0, 0.05) is 0 Å². The van der Waals surface area contributed by atoms with Crippen molar-refractivity contribution in [1.29, 1.82) is 0 Å². The summed E-state index contributed by atoms with van der Waals surface area (Å²) in [6, 6.07) is 0. The predicted octanol–water partition coefficient (Wildman–Crippen LogP) is 3.92. The van der Waals surface area contributed by atoms with Crippen LogP contribution in [0.5, 0.6) is 0 Å². The molecule has 1 unspecified atom stereocenters. The number of aliphatic hydroxyl groups is 1. The summed E-state index contributed by atoms with van der Waals surface area (Å²) in [6.07, 6.45) is 11.1. The maximum atomic E-state index is 9.54. The highest BCUT2D eigenvalue weighted by Gasteiger charge is 2.01. The Morgan fingerprint density at radius 1 is 1.14 bits per heavy atom. The van der Waals surface area contributed by atoms with E-state index in [9.17, 15) is 5.11 Å². The molecule has 0 aromatic carbocycles. The van der Waals surface area contributed by atoms with Crippen LogP contribution in [0.25, 0.3) is 0 Å². The van der Waals surface area contributed by atoms with E-state index in [1.807, 2.05) is 6.08 Å². The van der Waals surface area contributed by atoms with E-state index < -0.39 is 0 Å². The van der Waals surface area contributed by atoms with E-state index in [0.29, 0.717) is 5.92 Å². The van der Waals surface area contributed by atoms with Gasteiger partial charge in [-0.05, 0) is 25.2 Å². The van der Waals surface area contributed by atoms with E-state index in [0.717, 1.165) is 12.8 Å². The van der Waals surface area contributed by atoms with Gasteiger partial charge in [-0.3, -0.25) is 0 Å². The van der Waals surface area contributed by atoms with Crippen LogP contribution in [-0.2, 0) is 0 Å². The fraction of sp³-hybridized carbons (Fsp3) is 0.846. The smallest absolute Gasteiger partial charge is 0.0723 e. The lowest BCUT2D eigenvalue weighted by atomic mass is 10.1. The highest BCUT2D eigenvalue weighted by atomic mass is 16.3. The molecule has 0 radical (unpaired) electrons. The third kappa shape index (κ3) is 9.79. The number of hydrogen-bond donors (Lipinski definition) is 1. The second kappa shape index (κ2) is 9.26. The summed E-state index contributed by atoms with van der Waals surface area (Å²) in [5, 5.41) is 9.54. The van der Waals surface area contributed by atoms with Gasteiger partial charge in [0.05, 0.1) is 6.10 Å². The van der Waals surface area contributed by atoms with Crippen LogP contribution >= 0.6 is 0 Å².